The number of alkyl carbamates (subject to hydrolysis) is 1. The van der Waals surface area contributed by atoms with Crippen LogP contribution in [0.3, 0.4) is 0 Å². The minimum Gasteiger partial charge on any atom is -0.444 e. The number of hydrogen-bond donors (Lipinski definition) is 2. The number of aromatic nitrogens is 1. The standard InChI is InChI=1S/C20H26F3N3O4/c1-17(2,3)30-16(28)26-19-9-6-18(7-10-19,8-11-19)25-15(27)14-5-4-13(12-24-14)29-20(21,22)23/h4-5,12H,6-11H2,1-3H3,(H,25,27)(H,26,28). The normalized spacial score (nSPS) is 26.1. The molecule has 2 N–H and O–H groups in total. The lowest BCUT2D eigenvalue weighted by Crippen LogP contribution is -2.64. The minimum atomic E-state index is -4.81. The number of nitrogens with one attached hydrogen (secondary N) is 2. The van der Waals surface area contributed by atoms with E-state index in [1.165, 1.54) is 6.07 Å². The largest absolute Gasteiger partial charge is 0.573 e. The number of nitrogens with zero attached hydrogens (tertiary/aromatic N) is 1. The maximum atomic E-state index is 12.6. The Kier molecular flexibility index (Phi) is 5.64. The second-order valence-electron chi connectivity index (χ2n) is 9.07. The summed E-state index contributed by atoms with van der Waals surface area (Å²) in [6.45, 7) is 5.42. The van der Waals surface area contributed by atoms with Crippen molar-refractivity contribution in [3.05, 3.63) is 24.0 Å². The molecule has 0 radical (unpaired) electrons. The Bertz CT molecular complexity index is 778. The second kappa shape index (κ2) is 7.63. The van der Waals surface area contributed by atoms with Gasteiger partial charge in [0.25, 0.3) is 5.91 Å². The number of rotatable bonds is 4. The van der Waals surface area contributed by atoms with Crippen molar-refractivity contribution in [3.63, 3.8) is 0 Å². The van der Waals surface area contributed by atoms with Crippen molar-refractivity contribution in [2.75, 3.05) is 0 Å². The molecule has 1 aromatic rings. The van der Waals surface area contributed by atoms with Crippen molar-refractivity contribution in [2.24, 2.45) is 0 Å². The highest BCUT2D eigenvalue weighted by Crippen LogP contribution is 2.47. The van der Waals surface area contributed by atoms with Crippen LogP contribution in [0.25, 0.3) is 0 Å². The number of fused-ring (bicyclic) bond motifs is 3. The molecular weight excluding hydrogens is 403 g/mol. The van der Waals surface area contributed by atoms with E-state index in [0.717, 1.165) is 12.3 Å². The quantitative estimate of drug-likeness (QED) is 0.753. The minimum absolute atomic E-state index is 0.0215. The Morgan fingerprint density at radius 2 is 1.50 bits per heavy atom. The van der Waals surface area contributed by atoms with Gasteiger partial charge in [0.1, 0.15) is 17.0 Å². The van der Waals surface area contributed by atoms with Gasteiger partial charge in [-0.05, 0) is 71.4 Å². The molecule has 2 amide bonds. The van der Waals surface area contributed by atoms with Gasteiger partial charge >= 0.3 is 12.5 Å². The molecular formula is C20H26F3N3O4. The number of ether oxygens (including phenoxy) is 2. The molecule has 1 heterocycles. The van der Waals surface area contributed by atoms with Gasteiger partial charge in [-0.15, -0.1) is 13.2 Å². The average Bonchev–Trinajstić information content (AvgIpc) is 2.60. The molecule has 0 saturated heterocycles. The van der Waals surface area contributed by atoms with Crippen LogP contribution in [0.15, 0.2) is 18.3 Å². The summed E-state index contributed by atoms with van der Waals surface area (Å²) in [4.78, 5) is 28.5. The Hall–Kier alpha value is -2.52. The van der Waals surface area contributed by atoms with Crippen molar-refractivity contribution in [2.45, 2.75) is 82.3 Å². The summed E-state index contributed by atoms with van der Waals surface area (Å²) in [5.74, 6) is -0.923. The molecule has 0 unspecified atom stereocenters. The lowest BCUT2D eigenvalue weighted by molar-refractivity contribution is -0.274. The van der Waals surface area contributed by atoms with Crippen LogP contribution >= 0.6 is 0 Å². The number of halogens is 3. The fourth-order valence-corrected chi connectivity index (χ4v) is 4.09. The van der Waals surface area contributed by atoms with Gasteiger partial charge in [0.05, 0.1) is 6.20 Å². The first-order valence-electron chi connectivity index (χ1n) is 9.84. The number of pyridine rings is 1. The molecule has 0 atom stereocenters. The van der Waals surface area contributed by atoms with E-state index in [0.29, 0.717) is 38.5 Å². The molecule has 30 heavy (non-hydrogen) atoms. The van der Waals surface area contributed by atoms with Gasteiger partial charge in [-0.3, -0.25) is 4.79 Å². The van der Waals surface area contributed by atoms with Crippen molar-refractivity contribution >= 4 is 12.0 Å². The molecule has 1 aromatic heterocycles. The summed E-state index contributed by atoms with van der Waals surface area (Å²) in [5, 5.41) is 6.02. The third kappa shape index (κ3) is 5.54. The molecule has 166 valence electrons. The molecule has 0 aliphatic heterocycles. The van der Waals surface area contributed by atoms with Gasteiger partial charge in [-0.25, -0.2) is 9.78 Å². The third-order valence-corrected chi connectivity index (χ3v) is 5.59. The summed E-state index contributed by atoms with van der Waals surface area (Å²) >= 11 is 0. The highest BCUT2D eigenvalue weighted by Gasteiger charge is 2.50. The number of amides is 2. The van der Waals surface area contributed by atoms with Crippen molar-refractivity contribution in [3.8, 4) is 5.75 Å². The van der Waals surface area contributed by atoms with Crippen molar-refractivity contribution in [1.82, 2.24) is 15.6 Å². The molecule has 3 aliphatic rings. The van der Waals surface area contributed by atoms with Crippen LogP contribution in [0.1, 0.15) is 69.8 Å². The first kappa shape index (κ1) is 22.2. The van der Waals surface area contributed by atoms with Gasteiger partial charge in [0.2, 0.25) is 0 Å². The molecule has 0 aromatic carbocycles. The topological polar surface area (TPSA) is 89.6 Å². The molecule has 0 spiro atoms. The summed E-state index contributed by atoms with van der Waals surface area (Å²) in [5.41, 5.74) is -1.29. The van der Waals surface area contributed by atoms with Gasteiger partial charge in [0.15, 0.2) is 0 Å². The zero-order valence-corrected chi connectivity index (χ0v) is 17.2. The van der Waals surface area contributed by atoms with E-state index >= 15 is 0 Å². The Morgan fingerprint density at radius 3 is 1.93 bits per heavy atom. The first-order chi connectivity index (χ1) is 13.8. The van der Waals surface area contributed by atoms with Crippen LogP contribution in [0.2, 0.25) is 0 Å². The molecule has 2 bridgehead atoms. The van der Waals surface area contributed by atoms with E-state index in [2.05, 4.69) is 20.4 Å². The van der Waals surface area contributed by atoms with Crippen molar-refractivity contribution < 1.29 is 32.2 Å². The Labute approximate surface area is 172 Å². The van der Waals surface area contributed by atoms with Gasteiger partial charge in [0, 0.05) is 11.1 Å². The van der Waals surface area contributed by atoms with Crippen LogP contribution in [-0.2, 0) is 4.74 Å². The molecule has 3 aliphatic carbocycles. The molecule has 3 fully saturated rings. The second-order valence-corrected chi connectivity index (χ2v) is 9.07. The number of alkyl halides is 3. The lowest BCUT2D eigenvalue weighted by Gasteiger charge is -2.53. The first-order valence-corrected chi connectivity index (χ1v) is 9.84. The smallest absolute Gasteiger partial charge is 0.444 e. The zero-order valence-electron chi connectivity index (χ0n) is 17.2. The number of hydrogen-bond acceptors (Lipinski definition) is 5. The number of carbonyl (C=O) groups excluding carboxylic acids is 2. The van der Waals surface area contributed by atoms with Crippen LogP contribution in [0.5, 0.6) is 5.75 Å². The van der Waals surface area contributed by atoms with Crippen LogP contribution < -0.4 is 15.4 Å². The zero-order chi connectivity index (χ0) is 22.2. The summed E-state index contributed by atoms with van der Waals surface area (Å²) in [6, 6.07) is 2.26. The molecule has 7 nitrogen and oxygen atoms in total. The van der Waals surface area contributed by atoms with Gasteiger partial charge in [-0.2, -0.15) is 0 Å². The lowest BCUT2D eigenvalue weighted by atomic mass is 9.61. The van der Waals surface area contributed by atoms with E-state index in [1.807, 2.05) is 20.8 Å². The Morgan fingerprint density at radius 1 is 0.967 bits per heavy atom. The van der Waals surface area contributed by atoms with Crippen LogP contribution in [0, 0.1) is 0 Å². The predicted molar refractivity (Wildman–Crippen MR) is 101 cm³/mol. The van der Waals surface area contributed by atoms with Gasteiger partial charge in [-0.1, -0.05) is 0 Å². The van der Waals surface area contributed by atoms with E-state index in [4.69, 9.17) is 4.74 Å². The monoisotopic (exact) mass is 429 g/mol. The maximum absolute atomic E-state index is 12.6. The summed E-state index contributed by atoms with van der Waals surface area (Å²) in [6.07, 6.45) is -0.204. The third-order valence-electron chi connectivity index (χ3n) is 5.59. The highest BCUT2D eigenvalue weighted by molar-refractivity contribution is 5.92. The van der Waals surface area contributed by atoms with E-state index in [9.17, 15) is 22.8 Å². The summed E-state index contributed by atoms with van der Waals surface area (Å²) in [7, 11) is 0. The maximum Gasteiger partial charge on any atom is 0.573 e. The fourth-order valence-electron chi connectivity index (χ4n) is 4.09. The fraction of sp³-hybridized carbons (Fsp3) is 0.650. The van der Waals surface area contributed by atoms with Crippen molar-refractivity contribution in [1.29, 1.82) is 0 Å². The predicted octanol–water partition coefficient (Wildman–Crippen LogP) is 4.08. The Balaban J connectivity index is 1.57. The van der Waals surface area contributed by atoms with Gasteiger partial charge < -0.3 is 20.1 Å². The van der Waals surface area contributed by atoms with E-state index < -0.39 is 35.3 Å². The molecule has 10 heteroatoms. The van der Waals surface area contributed by atoms with E-state index in [-0.39, 0.29) is 11.2 Å². The van der Waals surface area contributed by atoms with E-state index in [1.54, 1.807) is 0 Å². The summed E-state index contributed by atoms with van der Waals surface area (Å²) < 4.78 is 45.8. The molecule has 3 saturated carbocycles. The number of carbonyl (C=O) groups is 2. The van der Waals surface area contributed by atoms with Crippen LogP contribution in [-0.4, -0.2) is 40.0 Å². The SMILES string of the molecule is CC(C)(C)OC(=O)NC12CCC(NC(=O)c3ccc(OC(F)(F)F)cn3)(CC1)CC2. The average molecular weight is 429 g/mol. The van der Waals surface area contributed by atoms with Crippen LogP contribution in [0.4, 0.5) is 18.0 Å². The highest BCUT2D eigenvalue weighted by atomic mass is 19.4. The molecule has 4 rings (SSSR count).